The van der Waals surface area contributed by atoms with Crippen molar-refractivity contribution in [1.29, 1.82) is 0 Å². The Labute approximate surface area is 361 Å². The Kier molecular flexibility index (Phi) is 11.1. The fraction of sp³-hybridized carbons (Fsp3) is 0.568. The molecule has 1 aliphatic carbocycles. The Morgan fingerprint density at radius 3 is 2.62 bits per heavy atom. The maximum Gasteiger partial charge on any atom is 0.329 e. The zero-order valence-electron chi connectivity index (χ0n) is 35.5. The van der Waals surface area contributed by atoms with E-state index in [0.29, 0.717) is 35.9 Å². The van der Waals surface area contributed by atoms with E-state index in [2.05, 4.69) is 37.6 Å². The van der Waals surface area contributed by atoms with Crippen LogP contribution in [0.4, 0.5) is 20.3 Å². The van der Waals surface area contributed by atoms with Crippen LogP contribution in [-0.4, -0.2) is 113 Å². The Balaban J connectivity index is 0.682. The number of nitrogens with zero attached hydrogens (tertiary/aromatic N) is 9. The van der Waals surface area contributed by atoms with Crippen LogP contribution in [0.1, 0.15) is 105 Å². The molecule has 1 saturated carbocycles. The summed E-state index contributed by atoms with van der Waals surface area (Å²) in [5.74, 6) is -0.112. The zero-order valence-corrected chi connectivity index (χ0v) is 35.5. The molecule has 63 heavy (non-hydrogen) atoms. The summed E-state index contributed by atoms with van der Waals surface area (Å²) in [5.41, 5.74) is 2.33. The lowest BCUT2D eigenvalue weighted by Gasteiger charge is -2.36. The summed E-state index contributed by atoms with van der Waals surface area (Å²) in [5, 5.41) is 13.6. The summed E-state index contributed by atoms with van der Waals surface area (Å²) < 4.78 is 46.8. The Hall–Kier alpha value is -5.53. The molecule has 4 aliphatic heterocycles. The van der Waals surface area contributed by atoms with E-state index >= 15 is 0 Å². The van der Waals surface area contributed by atoms with Gasteiger partial charge in [0.2, 0.25) is 11.8 Å². The number of nitrogens with one attached hydrogen (secondary N) is 2. The van der Waals surface area contributed by atoms with Gasteiger partial charge in [-0.1, -0.05) is 12.1 Å². The number of ether oxygens (including phenoxy) is 2. The van der Waals surface area contributed by atoms with Gasteiger partial charge in [0.25, 0.3) is 12.3 Å². The smallest absolute Gasteiger partial charge is 0.329 e. The average molecular weight is 870 g/mol. The van der Waals surface area contributed by atoms with Crippen LogP contribution in [0, 0.1) is 5.92 Å². The maximum atomic E-state index is 14.3. The average Bonchev–Trinajstić information content (AvgIpc) is 3.49. The van der Waals surface area contributed by atoms with Gasteiger partial charge in [0.05, 0.1) is 41.1 Å². The van der Waals surface area contributed by atoms with E-state index in [4.69, 9.17) is 14.5 Å². The van der Waals surface area contributed by atoms with Gasteiger partial charge in [0.15, 0.2) is 11.3 Å². The van der Waals surface area contributed by atoms with Crippen LogP contribution in [0.15, 0.2) is 47.7 Å². The number of aromatic nitrogens is 7. The number of carbonyl (C=O) groups is 3. The number of hydrogen-bond acceptors (Lipinski definition) is 11. The summed E-state index contributed by atoms with van der Waals surface area (Å²) in [6.07, 6.45) is 9.88. The van der Waals surface area contributed by atoms with Gasteiger partial charge in [0.1, 0.15) is 29.6 Å². The number of epoxide rings is 1. The number of benzene rings is 1. The van der Waals surface area contributed by atoms with Crippen LogP contribution in [0.5, 0.6) is 0 Å². The monoisotopic (exact) mass is 869 g/mol. The third kappa shape index (κ3) is 8.03. The van der Waals surface area contributed by atoms with Crippen molar-refractivity contribution in [2.75, 3.05) is 43.0 Å². The predicted octanol–water partition coefficient (Wildman–Crippen LogP) is 4.57. The van der Waals surface area contributed by atoms with Crippen LogP contribution in [0.25, 0.3) is 16.7 Å². The minimum absolute atomic E-state index is 0.00541. The summed E-state index contributed by atoms with van der Waals surface area (Å²) in [6.45, 7) is 6.31. The topological polar surface area (TPSA) is 178 Å². The first kappa shape index (κ1) is 41.5. The van der Waals surface area contributed by atoms with Crippen molar-refractivity contribution in [2.45, 2.75) is 114 Å². The molecule has 5 aliphatic rings. The number of imidazole rings is 1. The summed E-state index contributed by atoms with van der Waals surface area (Å²) in [7, 11) is 1.72. The normalized spacial score (nSPS) is 25.6. The van der Waals surface area contributed by atoms with Gasteiger partial charge in [-0.05, 0) is 88.3 Å². The van der Waals surface area contributed by atoms with Crippen molar-refractivity contribution in [1.82, 2.24) is 43.7 Å². The van der Waals surface area contributed by atoms with Crippen LogP contribution >= 0.6 is 0 Å². The van der Waals surface area contributed by atoms with Gasteiger partial charge < -0.3 is 24.6 Å². The summed E-state index contributed by atoms with van der Waals surface area (Å²) in [6, 6.07) is 7.04. The second-order valence-electron chi connectivity index (χ2n) is 17.9. The molecular formula is C44H53F2N11O6. The highest BCUT2D eigenvalue weighted by atomic mass is 19.3. The van der Waals surface area contributed by atoms with Gasteiger partial charge in [-0.25, -0.2) is 23.1 Å². The molecule has 5 fully saturated rings. The number of halogens is 2. The number of anilines is 2. The number of aryl methyl sites for hydroxylation is 2. The molecular weight excluding hydrogens is 817 g/mol. The molecule has 0 bridgehead atoms. The van der Waals surface area contributed by atoms with E-state index in [1.165, 1.54) is 15.3 Å². The maximum absolute atomic E-state index is 14.3. The number of fused-ring (bicyclic) bond motifs is 3. The first-order valence-electron chi connectivity index (χ1n) is 22.3. The molecule has 1 aromatic carbocycles. The lowest BCUT2D eigenvalue weighted by Crippen LogP contribution is -2.44. The van der Waals surface area contributed by atoms with Crippen molar-refractivity contribution in [2.24, 2.45) is 13.0 Å². The number of rotatable bonds is 13. The Morgan fingerprint density at radius 1 is 1.06 bits per heavy atom. The highest BCUT2D eigenvalue weighted by Gasteiger charge is 2.53. The van der Waals surface area contributed by atoms with E-state index in [9.17, 15) is 28.0 Å². The van der Waals surface area contributed by atoms with Crippen molar-refractivity contribution >= 4 is 45.9 Å². The molecule has 5 aromatic rings. The van der Waals surface area contributed by atoms with Crippen LogP contribution in [-0.2, 0) is 32.5 Å². The van der Waals surface area contributed by atoms with Gasteiger partial charge in [0, 0.05) is 58.6 Å². The molecule has 10 rings (SSSR count). The highest BCUT2D eigenvalue weighted by molar-refractivity contribution is 6.08. The summed E-state index contributed by atoms with van der Waals surface area (Å²) in [4.78, 5) is 60.6. The molecule has 334 valence electrons. The first-order chi connectivity index (χ1) is 30.5. The van der Waals surface area contributed by atoms with Crippen LogP contribution in [0.2, 0.25) is 0 Å². The van der Waals surface area contributed by atoms with Crippen molar-refractivity contribution < 1.29 is 32.6 Å². The minimum atomic E-state index is -2.86. The molecule has 4 atom stereocenters. The Morgan fingerprint density at radius 2 is 1.87 bits per heavy atom. The molecule has 19 heteroatoms. The van der Waals surface area contributed by atoms with E-state index in [1.54, 1.807) is 28.7 Å². The number of hydrogen-bond donors (Lipinski definition) is 2. The lowest BCUT2D eigenvalue weighted by molar-refractivity contribution is -0.135. The second-order valence-corrected chi connectivity index (χ2v) is 17.9. The van der Waals surface area contributed by atoms with Gasteiger partial charge in [-0.2, -0.15) is 10.2 Å². The Bertz CT molecular complexity index is 2600. The standard InChI is InChI=1S/C44H53F2N11O6/c1-25-39-34(63-39)24-54(25)35-16-19-55-41(49-35)30(21-47-55)42(59)48-31-23-56(51-37(31)40(45)46)28-10-8-26(9-11-28)22-53-17-14-29(15-18-53)62-20-4-6-27-5-3-7-32-38(27)52(2)44(61)57(32)33-12-13-36(58)50-43(33)60/h3,5,7,16,19,21,23,25-26,28-29,33-34,39-40H,4,6,8-15,17-18,20,22,24H2,1-2H3,(H,48,59)(H,50,58,60)/t25-,26-,28-,33?,34+,39?/m0/s1. The first-order valence-corrected chi connectivity index (χ1v) is 22.3. The zero-order chi connectivity index (χ0) is 43.5. The van der Waals surface area contributed by atoms with Crippen LogP contribution in [0.3, 0.4) is 0 Å². The molecule has 0 spiro atoms. The second kappa shape index (κ2) is 16.9. The van der Waals surface area contributed by atoms with Gasteiger partial charge in [-0.3, -0.25) is 33.5 Å². The number of para-hydroxylation sites is 1. The van der Waals surface area contributed by atoms with Gasteiger partial charge >= 0.3 is 5.69 Å². The fourth-order valence-electron chi connectivity index (χ4n) is 10.5. The fourth-order valence-corrected chi connectivity index (χ4v) is 10.5. The number of carbonyl (C=O) groups excluding carboxylic acids is 3. The number of morpholine rings is 1. The van der Waals surface area contributed by atoms with E-state index in [-0.39, 0.29) is 59.7 Å². The quantitative estimate of drug-likeness (QED) is 0.0963. The molecule has 2 N–H and O–H groups in total. The number of imide groups is 1. The van der Waals surface area contributed by atoms with E-state index in [0.717, 1.165) is 88.6 Å². The molecule has 17 nitrogen and oxygen atoms in total. The van der Waals surface area contributed by atoms with Crippen molar-refractivity contribution in [3.8, 4) is 0 Å². The van der Waals surface area contributed by atoms with Crippen molar-refractivity contribution in [3.63, 3.8) is 0 Å². The molecule has 4 saturated heterocycles. The molecule has 4 aromatic heterocycles. The molecule has 0 radical (unpaired) electrons. The van der Waals surface area contributed by atoms with E-state index < -0.39 is 30.0 Å². The number of likely N-dealkylation sites (tertiary alicyclic amines) is 1. The third-order valence-electron chi connectivity index (χ3n) is 14.0. The summed E-state index contributed by atoms with van der Waals surface area (Å²) >= 11 is 0. The van der Waals surface area contributed by atoms with Crippen molar-refractivity contribution in [3.05, 3.63) is 70.2 Å². The lowest BCUT2D eigenvalue weighted by atomic mass is 9.85. The number of alkyl halides is 2. The number of piperidine rings is 2. The molecule has 3 amide bonds. The minimum Gasteiger partial charge on any atom is -0.378 e. The molecule has 2 unspecified atom stereocenters. The largest absolute Gasteiger partial charge is 0.378 e. The predicted molar refractivity (Wildman–Crippen MR) is 227 cm³/mol. The molecule has 8 heterocycles. The van der Waals surface area contributed by atoms with Crippen LogP contribution < -0.4 is 21.2 Å². The SMILES string of the molecule is C[C@H]1C2O[C@@H]2CN1c1ccn2ncc(C(=O)Nc3cn([C@H]4CC[C@H](CN5CCC(OCCCc6cccc7c6n(C)c(=O)n7C6CCC(=O)NC6=O)CC5)CC4)nc3C(F)F)c2n1. The van der Waals surface area contributed by atoms with Gasteiger partial charge in [-0.15, -0.1) is 0 Å². The van der Waals surface area contributed by atoms with E-state index in [1.807, 2.05) is 24.3 Å². The third-order valence-corrected chi connectivity index (χ3v) is 14.0. The number of amides is 3. The highest BCUT2D eigenvalue weighted by Crippen LogP contribution is 2.39.